The van der Waals surface area contributed by atoms with E-state index in [4.69, 9.17) is 9.47 Å². The van der Waals surface area contributed by atoms with Crippen molar-refractivity contribution in [2.45, 2.75) is 25.6 Å². The molecular weight excluding hydrogens is 359 g/mol. The van der Waals surface area contributed by atoms with Gasteiger partial charge in [0.1, 0.15) is 17.2 Å². The van der Waals surface area contributed by atoms with Crippen LogP contribution in [0.25, 0.3) is 0 Å². The van der Waals surface area contributed by atoms with Crippen molar-refractivity contribution in [2.24, 2.45) is 0 Å². The number of rotatable bonds is 4. The molecule has 2 aromatic carbocycles. The second kappa shape index (κ2) is 7.34. The molecule has 1 amide bonds. The number of halogens is 3. The maximum Gasteiger partial charge on any atom is 0.416 e. The molecule has 1 N–H and O–H groups in total. The summed E-state index contributed by atoms with van der Waals surface area (Å²) in [5, 5.41) is 2.86. The van der Waals surface area contributed by atoms with Gasteiger partial charge in [0.05, 0.1) is 18.2 Å². The molecule has 1 aliphatic heterocycles. The van der Waals surface area contributed by atoms with Gasteiger partial charge in [0.2, 0.25) is 5.91 Å². The lowest BCUT2D eigenvalue weighted by molar-refractivity contribution is -0.137. The molecule has 0 saturated heterocycles. The van der Waals surface area contributed by atoms with E-state index < -0.39 is 11.7 Å². The Kier molecular flexibility index (Phi) is 5.12. The fraction of sp³-hybridized carbons (Fsp3) is 0.250. The highest BCUT2D eigenvalue weighted by Crippen LogP contribution is 2.40. The Balaban J connectivity index is 1.84. The second-order valence-electron chi connectivity index (χ2n) is 6.13. The predicted octanol–water partition coefficient (Wildman–Crippen LogP) is 4.93. The number of fused-ring (bicyclic) bond motifs is 1. The Bertz CT molecular complexity index is 860. The fourth-order valence-corrected chi connectivity index (χ4v) is 2.92. The zero-order valence-electron chi connectivity index (χ0n) is 14.6. The molecule has 1 aliphatic rings. The minimum absolute atomic E-state index is 0.196. The molecule has 0 saturated carbocycles. The third-order valence-electron chi connectivity index (χ3n) is 4.33. The van der Waals surface area contributed by atoms with E-state index in [2.05, 4.69) is 11.9 Å². The summed E-state index contributed by atoms with van der Waals surface area (Å²) in [6.07, 6.45) is -2.55. The molecule has 2 aromatic rings. The van der Waals surface area contributed by atoms with Gasteiger partial charge in [0.15, 0.2) is 0 Å². The van der Waals surface area contributed by atoms with Gasteiger partial charge in [-0.05, 0) is 49.4 Å². The average molecular weight is 377 g/mol. The minimum atomic E-state index is -4.39. The number of nitrogens with one attached hydrogen (secondary N) is 1. The van der Waals surface area contributed by atoms with E-state index in [1.54, 1.807) is 19.1 Å². The minimum Gasteiger partial charge on any atom is -0.493 e. The first kappa shape index (κ1) is 18.8. The summed E-state index contributed by atoms with van der Waals surface area (Å²) in [5.74, 6) is 1.11. The predicted molar refractivity (Wildman–Crippen MR) is 93.9 cm³/mol. The van der Waals surface area contributed by atoms with Crippen molar-refractivity contribution < 1.29 is 27.4 Å². The number of hydrogen-bond donors (Lipinski definition) is 1. The summed E-state index contributed by atoms with van der Waals surface area (Å²) in [4.78, 5) is 11.6. The average Bonchev–Trinajstić information content (AvgIpc) is 2.64. The molecule has 1 heterocycles. The first-order valence-electron chi connectivity index (χ1n) is 8.34. The lowest BCUT2D eigenvalue weighted by atomic mass is 9.97. The quantitative estimate of drug-likeness (QED) is 0.769. The topological polar surface area (TPSA) is 47.6 Å². The Hall–Kier alpha value is -2.96. The Labute approximate surface area is 154 Å². The molecule has 0 aromatic heterocycles. The maximum atomic E-state index is 12.7. The van der Waals surface area contributed by atoms with E-state index in [0.717, 1.165) is 17.7 Å². The third-order valence-corrected chi connectivity index (χ3v) is 4.33. The molecule has 1 unspecified atom stereocenters. The molecule has 0 spiro atoms. The largest absolute Gasteiger partial charge is 0.493 e. The van der Waals surface area contributed by atoms with Crippen LogP contribution in [0.2, 0.25) is 0 Å². The van der Waals surface area contributed by atoms with E-state index >= 15 is 0 Å². The van der Waals surface area contributed by atoms with Crippen molar-refractivity contribution in [1.82, 2.24) is 5.32 Å². The number of carbonyl (C=O) groups is 1. The van der Waals surface area contributed by atoms with Crippen LogP contribution < -0.4 is 14.8 Å². The zero-order chi connectivity index (χ0) is 19.6. The highest BCUT2D eigenvalue weighted by atomic mass is 19.4. The second-order valence-corrected chi connectivity index (χ2v) is 6.13. The van der Waals surface area contributed by atoms with Crippen LogP contribution in [-0.4, -0.2) is 12.5 Å². The van der Waals surface area contributed by atoms with E-state index in [1.807, 2.05) is 0 Å². The van der Waals surface area contributed by atoms with Crippen molar-refractivity contribution in [3.8, 4) is 17.2 Å². The molecule has 0 fully saturated rings. The normalized spacial score (nSPS) is 16.1. The van der Waals surface area contributed by atoms with Crippen molar-refractivity contribution in [1.29, 1.82) is 0 Å². The van der Waals surface area contributed by atoms with Crippen LogP contribution >= 0.6 is 0 Å². The fourth-order valence-electron chi connectivity index (χ4n) is 2.92. The van der Waals surface area contributed by atoms with Crippen molar-refractivity contribution in [3.05, 3.63) is 65.7 Å². The molecule has 0 bridgehead atoms. The van der Waals surface area contributed by atoms with Crippen molar-refractivity contribution in [3.63, 3.8) is 0 Å². The van der Waals surface area contributed by atoms with E-state index in [9.17, 15) is 18.0 Å². The first-order chi connectivity index (χ1) is 12.8. The number of amides is 1. The van der Waals surface area contributed by atoms with E-state index in [0.29, 0.717) is 35.8 Å². The Morgan fingerprint density at radius 3 is 2.59 bits per heavy atom. The van der Waals surface area contributed by atoms with Gasteiger partial charge >= 0.3 is 6.18 Å². The number of alkyl halides is 3. The molecule has 0 aliphatic carbocycles. The summed E-state index contributed by atoms with van der Waals surface area (Å²) in [6, 6.07) is 7.80. The van der Waals surface area contributed by atoms with Gasteiger partial charge in [-0.3, -0.25) is 4.79 Å². The summed E-state index contributed by atoms with van der Waals surface area (Å²) in [6.45, 7) is 5.68. The van der Waals surface area contributed by atoms with Gasteiger partial charge < -0.3 is 14.8 Å². The lowest BCUT2D eigenvalue weighted by Gasteiger charge is -2.28. The number of benzene rings is 2. The summed E-state index contributed by atoms with van der Waals surface area (Å²) in [5.41, 5.74) is 0.805. The van der Waals surface area contributed by atoms with Gasteiger partial charge in [-0.1, -0.05) is 6.58 Å². The van der Waals surface area contributed by atoms with Gasteiger partial charge in [0.25, 0.3) is 0 Å². The standard InChI is InChI=1S/C20H18F3NO3/c1-3-18(25)24-16-10-11-26-19-12(2)17(9-8-15(16)19)27-14-6-4-13(5-7-14)20(21,22)23/h3-9,16H,1,10-11H2,2H3,(H,24,25). The molecule has 7 heteroatoms. The number of ether oxygens (including phenoxy) is 2. The Morgan fingerprint density at radius 2 is 1.96 bits per heavy atom. The Morgan fingerprint density at radius 1 is 1.26 bits per heavy atom. The molecule has 4 nitrogen and oxygen atoms in total. The number of carbonyl (C=O) groups excluding carboxylic acids is 1. The van der Waals surface area contributed by atoms with Gasteiger partial charge in [-0.25, -0.2) is 0 Å². The van der Waals surface area contributed by atoms with Crippen molar-refractivity contribution >= 4 is 5.91 Å². The van der Waals surface area contributed by atoms with E-state index in [-0.39, 0.29) is 11.9 Å². The summed E-state index contributed by atoms with van der Waals surface area (Å²) in [7, 11) is 0. The van der Waals surface area contributed by atoms with Crippen LogP contribution in [0.3, 0.4) is 0 Å². The molecule has 3 rings (SSSR count). The van der Waals surface area contributed by atoms with Gasteiger partial charge in [-0.2, -0.15) is 13.2 Å². The van der Waals surface area contributed by atoms with Gasteiger partial charge in [0, 0.05) is 17.5 Å². The van der Waals surface area contributed by atoms with Crippen LogP contribution in [0.5, 0.6) is 17.2 Å². The smallest absolute Gasteiger partial charge is 0.416 e. The molecule has 142 valence electrons. The van der Waals surface area contributed by atoms with Crippen LogP contribution in [0.15, 0.2) is 49.1 Å². The van der Waals surface area contributed by atoms with Gasteiger partial charge in [-0.15, -0.1) is 0 Å². The summed E-state index contributed by atoms with van der Waals surface area (Å²) < 4.78 is 49.4. The highest BCUT2D eigenvalue weighted by Gasteiger charge is 2.30. The summed E-state index contributed by atoms with van der Waals surface area (Å²) >= 11 is 0. The van der Waals surface area contributed by atoms with Crippen LogP contribution in [-0.2, 0) is 11.0 Å². The van der Waals surface area contributed by atoms with Crippen LogP contribution in [0, 0.1) is 6.92 Å². The molecule has 0 radical (unpaired) electrons. The van der Waals surface area contributed by atoms with Crippen LogP contribution in [0.1, 0.15) is 29.2 Å². The molecule has 1 atom stereocenters. The monoisotopic (exact) mass is 377 g/mol. The number of hydrogen-bond acceptors (Lipinski definition) is 3. The lowest BCUT2D eigenvalue weighted by Crippen LogP contribution is -2.31. The third kappa shape index (κ3) is 4.07. The molecule has 27 heavy (non-hydrogen) atoms. The molecular formula is C20H18F3NO3. The maximum absolute atomic E-state index is 12.7. The SMILES string of the molecule is C=CC(=O)NC1CCOc2c1ccc(Oc1ccc(C(F)(F)F)cc1)c2C. The van der Waals surface area contributed by atoms with Crippen LogP contribution in [0.4, 0.5) is 13.2 Å². The first-order valence-corrected chi connectivity index (χ1v) is 8.34. The zero-order valence-corrected chi connectivity index (χ0v) is 14.6. The van der Waals surface area contributed by atoms with E-state index in [1.165, 1.54) is 18.2 Å². The van der Waals surface area contributed by atoms with Crippen molar-refractivity contribution in [2.75, 3.05) is 6.61 Å². The highest BCUT2D eigenvalue weighted by molar-refractivity contribution is 5.87.